The summed E-state index contributed by atoms with van der Waals surface area (Å²) >= 11 is 6.25. The zero-order valence-corrected chi connectivity index (χ0v) is 18.6. The van der Waals surface area contributed by atoms with Crippen molar-refractivity contribution in [3.8, 4) is 5.75 Å². The van der Waals surface area contributed by atoms with Crippen molar-refractivity contribution in [2.45, 2.75) is 37.6 Å². The second-order valence-electron chi connectivity index (χ2n) is 7.68. The van der Waals surface area contributed by atoms with Gasteiger partial charge in [0.25, 0.3) is 5.91 Å². The van der Waals surface area contributed by atoms with Crippen LogP contribution in [0.15, 0.2) is 35.2 Å². The van der Waals surface area contributed by atoms with Gasteiger partial charge in [-0.05, 0) is 56.0 Å². The summed E-state index contributed by atoms with van der Waals surface area (Å²) in [7, 11) is -4.07. The number of halogens is 1. The molecule has 1 unspecified atom stereocenters. The van der Waals surface area contributed by atoms with Crippen molar-refractivity contribution in [3.05, 3.63) is 46.5 Å². The normalized spacial score (nSPS) is 18.8. The maximum absolute atomic E-state index is 13.4. The highest BCUT2D eigenvalue weighted by Gasteiger charge is 2.41. The summed E-state index contributed by atoms with van der Waals surface area (Å²) in [6.07, 6.45) is 0.963. The summed E-state index contributed by atoms with van der Waals surface area (Å²) in [5.74, 6) is -0.512. The van der Waals surface area contributed by atoms with E-state index in [0.29, 0.717) is 24.2 Å². The molecule has 2 aliphatic heterocycles. The summed E-state index contributed by atoms with van der Waals surface area (Å²) in [5, 5.41) is 5.36. The Morgan fingerprint density at radius 2 is 2.00 bits per heavy atom. The molecular formula is C21H22ClN3O5S. The molecule has 10 heteroatoms. The smallest absolute Gasteiger partial charge is 0.262 e. The molecule has 2 aromatic rings. The first-order valence-corrected chi connectivity index (χ1v) is 11.6. The standard InChI is InChI=1S/C21H22ClN3O5S/c1-12-5-6-14(8-13(12)2)23-21(27)17-4-3-7-25(17)31(28,29)19-10-18-16(9-15(19)22)24-20(26)11-30-18/h5-6,8-10,17H,3-4,7,11H2,1-2H3,(H,23,27)(H,24,26). The van der Waals surface area contributed by atoms with Crippen LogP contribution in [0.5, 0.6) is 5.75 Å². The van der Waals surface area contributed by atoms with Gasteiger partial charge in [0.15, 0.2) is 6.61 Å². The third kappa shape index (κ3) is 4.13. The Kier molecular flexibility index (Phi) is 5.67. The number of hydrogen-bond acceptors (Lipinski definition) is 5. The second kappa shape index (κ2) is 8.14. The fraction of sp³-hybridized carbons (Fsp3) is 0.333. The average molecular weight is 464 g/mol. The Bertz CT molecular complexity index is 1180. The van der Waals surface area contributed by atoms with Crippen molar-refractivity contribution in [3.63, 3.8) is 0 Å². The molecule has 2 N–H and O–H groups in total. The lowest BCUT2D eigenvalue weighted by molar-refractivity contribution is -0.119. The maximum Gasteiger partial charge on any atom is 0.262 e. The third-order valence-electron chi connectivity index (χ3n) is 5.53. The Labute approximate surface area is 185 Å². The molecule has 2 aromatic carbocycles. The van der Waals surface area contributed by atoms with Gasteiger partial charge in [-0.2, -0.15) is 4.31 Å². The lowest BCUT2D eigenvalue weighted by Crippen LogP contribution is -2.43. The molecule has 0 spiro atoms. The van der Waals surface area contributed by atoms with E-state index in [-0.39, 0.29) is 40.6 Å². The highest BCUT2D eigenvalue weighted by atomic mass is 35.5. The summed E-state index contributed by atoms with van der Waals surface area (Å²) in [5.41, 5.74) is 3.06. The maximum atomic E-state index is 13.4. The summed E-state index contributed by atoms with van der Waals surface area (Å²) in [4.78, 5) is 24.3. The molecule has 31 heavy (non-hydrogen) atoms. The number of carbonyl (C=O) groups is 2. The summed E-state index contributed by atoms with van der Waals surface area (Å²) in [6.45, 7) is 3.92. The SMILES string of the molecule is Cc1ccc(NC(=O)C2CCCN2S(=O)(=O)c2cc3c(cc2Cl)NC(=O)CO3)cc1C. The molecule has 164 valence electrons. The number of fused-ring (bicyclic) bond motifs is 1. The zero-order valence-electron chi connectivity index (χ0n) is 17.1. The average Bonchev–Trinajstić information content (AvgIpc) is 3.21. The fourth-order valence-electron chi connectivity index (χ4n) is 3.74. The minimum Gasteiger partial charge on any atom is -0.482 e. The van der Waals surface area contributed by atoms with Crippen LogP contribution in [0.3, 0.4) is 0 Å². The van der Waals surface area contributed by atoms with Gasteiger partial charge in [0.05, 0.1) is 10.7 Å². The second-order valence-corrected chi connectivity index (χ2v) is 9.94. The van der Waals surface area contributed by atoms with E-state index >= 15 is 0 Å². The number of ether oxygens (including phenoxy) is 1. The Morgan fingerprint density at radius 3 is 2.74 bits per heavy atom. The van der Waals surface area contributed by atoms with Gasteiger partial charge in [-0.25, -0.2) is 8.42 Å². The van der Waals surface area contributed by atoms with Crippen molar-refractivity contribution < 1.29 is 22.7 Å². The molecule has 2 heterocycles. The number of hydrogen-bond donors (Lipinski definition) is 2. The van der Waals surface area contributed by atoms with Crippen LogP contribution >= 0.6 is 11.6 Å². The number of amides is 2. The van der Waals surface area contributed by atoms with Crippen LogP contribution in [-0.4, -0.2) is 43.7 Å². The third-order valence-corrected chi connectivity index (χ3v) is 7.91. The molecule has 4 rings (SSSR count). The number of aryl methyl sites for hydroxylation is 2. The first kappa shape index (κ1) is 21.6. The monoisotopic (exact) mass is 463 g/mol. The first-order valence-electron chi connectivity index (χ1n) is 9.83. The van der Waals surface area contributed by atoms with E-state index in [1.165, 1.54) is 16.4 Å². The number of benzene rings is 2. The van der Waals surface area contributed by atoms with Gasteiger partial charge in [0.1, 0.15) is 16.7 Å². The Morgan fingerprint density at radius 1 is 1.23 bits per heavy atom. The van der Waals surface area contributed by atoms with Gasteiger partial charge >= 0.3 is 0 Å². The predicted molar refractivity (Wildman–Crippen MR) is 117 cm³/mol. The molecule has 0 bridgehead atoms. The number of carbonyl (C=O) groups excluding carboxylic acids is 2. The summed E-state index contributed by atoms with van der Waals surface area (Å²) in [6, 6.07) is 7.34. The highest BCUT2D eigenvalue weighted by Crippen LogP contribution is 2.38. The lowest BCUT2D eigenvalue weighted by atomic mass is 10.1. The number of anilines is 2. The number of nitrogens with zero attached hydrogens (tertiary/aromatic N) is 1. The topological polar surface area (TPSA) is 105 Å². The first-order chi connectivity index (χ1) is 14.7. The highest BCUT2D eigenvalue weighted by molar-refractivity contribution is 7.89. The molecule has 1 fully saturated rings. The van der Waals surface area contributed by atoms with Crippen molar-refractivity contribution in [2.24, 2.45) is 0 Å². The lowest BCUT2D eigenvalue weighted by Gasteiger charge is -2.25. The van der Waals surface area contributed by atoms with Crippen LogP contribution in [0.1, 0.15) is 24.0 Å². The van der Waals surface area contributed by atoms with E-state index in [1.807, 2.05) is 26.0 Å². The number of rotatable bonds is 4. The van der Waals surface area contributed by atoms with Gasteiger partial charge in [-0.15, -0.1) is 0 Å². The van der Waals surface area contributed by atoms with Gasteiger partial charge < -0.3 is 15.4 Å². The molecule has 1 saturated heterocycles. The van der Waals surface area contributed by atoms with Gasteiger partial charge in [0.2, 0.25) is 15.9 Å². The summed E-state index contributed by atoms with van der Waals surface area (Å²) < 4.78 is 33.3. The molecule has 0 radical (unpaired) electrons. The number of nitrogens with one attached hydrogen (secondary N) is 2. The van der Waals surface area contributed by atoms with E-state index < -0.39 is 16.1 Å². The van der Waals surface area contributed by atoms with Crippen molar-refractivity contribution in [1.82, 2.24) is 4.31 Å². The minimum atomic E-state index is -4.07. The molecule has 2 amide bonds. The van der Waals surface area contributed by atoms with Crippen LogP contribution in [0, 0.1) is 13.8 Å². The van der Waals surface area contributed by atoms with Crippen LogP contribution in [0.4, 0.5) is 11.4 Å². The Balaban J connectivity index is 1.61. The Hall–Kier alpha value is -2.62. The minimum absolute atomic E-state index is 0.0511. The van der Waals surface area contributed by atoms with Gasteiger partial charge in [-0.3, -0.25) is 9.59 Å². The van der Waals surface area contributed by atoms with E-state index in [9.17, 15) is 18.0 Å². The van der Waals surface area contributed by atoms with Gasteiger partial charge in [0, 0.05) is 18.3 Å². The van der Waals surface area contributed by atoms with Crippen molar-refractivity contribution >= 4 is 44.8 Å². The molecule has 0 aromatic heterocycles. The predicted octanol–water partition coefficient (Wildman–Crippen LogP) is 3.08. The fourth-order valence-corrected chi connectivity index (χ4v) is 5.92. The van der Waals surface area contributed by atoms with E-state index in [2.05, 4.69) is 10.6 Å². The quantitative estimate of drug-likeness (QED) is 0.725. The molecule has 8 nitrogen and oxygen atoms in total. The molecule has 2 aliphatic rings. The van der Waals surface area contributed by atoms with E-state index in [1.54, 1.807) is 6.07 Å². The van der Waals surface area contributed by atoms with E-state index in [0.717, 1.165) is 11.1 Å². The molecular weight excluding hydrogens is 442 g/mol. The van der Waals surface area contributed by atoms with Crippen molar-refractivity contribution in [1.29, 1.82) is 0 Å². The van der Waals surface area contributed by atoms with Crippen molar-refractivity contribution in [2.75, 3.05) is 23.8 Å². The molecule has 0 saturated carbocycles. The van der Waals surface area contributed by atoms with Crippen LogP contribution < -0.4 is 15.4 Å². The molecule has 0 aliphatic carbocycles. The van der Waals surface area contributed by atoms with Gasteiger partial charge in [-0.1, -0.05) is 17.7 Å². The number of sulfonamides is 1. The van der Waals surface area contributed by atoms with Crippen LogP contribution in [0.25, 0.3) is 0 Å². The largest absolute Gasteiger partial charge is 0.482 e. The molecule has 1 atom stereocenters. The van der Waals surface area contributed by atoms with E-state index in [4.69, 9.17) is 16.3 Å². The van der Waals surface area contributed by atoms with Crippen LogP contribution in [-0.2, 0) is 19.6 Å². The van der Waals surface area contributed by atoms with Crippen LogP contribution in [0.2, 0.25) is 5.02 Å². The zero-order chi connectivity index (χ0) is 22.3.